The predicted octanol–water partition coefficient (Wildman–Crippen LogP) is 1.98. The van der Waals surface area contributed by atoms with E-state index in [0.717, 1.165) is 26.1 Å². The van der Waals surface area contributed by atoms with E-state index in [1.165, 1.54) is 12.8 Å². The number of amides is 1. The van der Waals surface area contributed by atoms with Crippen LogP contribution < -0.4 is 5.73 Å². The number of piperidine rings is 1. The molecule has 1 amide bonds. The molecule has 1 spiro atoms. The Hall–Kier alpha value is -0.770. The largest absolute Gasteiger partial charge is 0.444 e. The zero-order valence-electron chi connectivity index (χ0n) is 11.2. The standard InChI is InChI=1S/C13H24N2O2/c1-12(2,3)17-11(16)15-6-4-5-13(9-15)7-10(13)8-14/h10H,4-9,14H2,1-3H3. The van der Waals surface area contributed by atoms with E-state index < -0.39 is 5.60 Å². The van der Waals surface area contributed by atoms with Crippen molar-refractivity contribution in [3.63, 3.8) is 0 Å². The molecule has 2 aliphatic rings. The molecule has 4 nitrogen and oxygen atoms in total. The third-order valence-corrected chi connectivity index (χ3v) is 3.90. The van der Waals surface area contributed by atoms with Gasteiger partial charge in [0, 0.05) is 13.1 Å². The van der Waals surface area contributed by atoms with Crippen molar-refractivity contribution in [3.8, 4) is 0 Å². The van der Waals surface area contributed by atoms with Crippen LogP contribution in [0.2, 0.25) is 0 Å². The topological polar surface area (TPSA) is 55.6 Å². The van der Waals surface area contributed by atoms with Gasteiger partial charge in [0.25, 0.3) is 0 Å². The molecule has 0 radical (unpaired) electrons. The fourth-order valence-electron chi connectivity index (χ4n) is 2.91. The average Bonchev–Trinajstić information content (AvgIpc) is 2.88. The van der Waals surface area contributed by atoms with Crippen molar-refractivity contribution < 1.29 is 9.53 Å². The molecule has 1 heterocycles. The lowest BCUT2D eigenvalue weighted by Gasteiger charge is -2.35. The van der Waals surface area contributed by atoms with E-state index in [9.17, 15) is 4.79 Å². The molecule has 0 aromatic carbocycles. The Labute approximate surface area is 103 Å². The van der Waals surface area contributed by atoms with Gasteiger partial charge in [0.1, 0.15) is 5.60 Å². The molecule has 0 aromatic heterocycles. The predicted molar refractivity (Wildman–Crippen MR) is 66.6 cm³/mol. The normalized spacial score (nSPS) is 32.7. The molecule has 4 heteroatoms. The van der Waals surface area contributed by atoms with E-state index in [1.54, 1.807) is 0 Å². The van der Waals surface area contributed by atoms with Crippen LogP contribution in [-0.4, -0.2) is 36.2 Å². The first-order chi connectivity index (χ1) is 7.86. The Morgan fingerprint density at radius 2 is 2.24 bits per heavy atom. The zero-order valence-corrected chi connectivity index (χ0v) is 11.2. The fraction of sp³-hybridized carbons (Fsp3) is 0.923. The lowest BCUT2D eigenvalue weighted by Crippen LogP contribution is -2.44. The number of carbonyl (C=O) groups excluding carboxylic acids is 1. The Kier molecular flexibility index (Phi) is 3.10. The summed E-state index contributed by atoms with van der Waals surface area (Å²) in [6, 6.07) is 0. The number of rotatable bonds is 1. The monoisotopic (exact) mass is 240 g/mol. The number of carbonyl (C=O) groups is 1. The Bertz CT molecular complexity index is 311. The second kappa shape index (κ2) is 4.16. The average molecular weight is 240 g/mol. The molecule has 0 aromatic rings. The maximum atomic E-state index is 12.0. The summed E-state index contributed by atoms with van der Waals surface area (Å²) in [5.74, 6) is 0.618. The van der Waals surface area contributed by atoms with E-state index in [0.29, 0.717) is 11.3 Å². The summed E-state index contributed by atoms with van der Waals surface area (Å²) in [5.41, 5.74) is 5.65. The molecule has 2 atom stereocenters. The highest BCUT2D eigenvalue weighted by atomic mass is 16.6. The Morgan fingerprint density at radius 1 is 1.53 bits per heavy atom. The van der Waals surface area contributed by atoms with Crippen molar-refractivity contribution >= 4 is 6.09 Å². The van der Waals surface area contributed by atoms with E-state index in [1.807, 2.05) is 25.7 Å². The first-order valence-electron chi connectivity index (χ1n) is 6.54. The van der Waals surface area contributed by atoms with E-state index >= 15 is 0 Å². The van der Waals surface area contributed by atoms with Gasteiger partial charge in [-0.2, -0.15) is 0 Å². The molecule has 1 saturated carbocycles. The van der Waals surface area contributed by atoms with Crippen molar-refractivity contribution in [2.45, 2.75) is 45.6 Å². The number of ether oxygens (including phenoxy) is 1. The maximum Gasteiger partial charge on any atom is 0.410 e. The lowest BCUT2D eigenvalue weighted by atomic mass is 9.92. The molecule has 17 heavy (non-hydrogen) atoms. The number of likely N-dealkylation sites (tertiary alicyclic amines) is 1. The van der Waals surface area contributed by atoms with Gasteiger partial charge in [-0.3, -0.25) is 0 Å². The van der Waals surface area contributed by atoms with E-state index in [4.69, 9.17) is 10.5 Å². The highest BCUT2D eigenvalue weighted by molar-refractivity contribution is 5.68. The van der Waals surface area contributed by atoms with Crippen LogP contribution in [0, 0.1) is 11.3 Å². The zero-order chi connectivity index (χ0) is 12.7. The van der Waals surface area contributed by atoms with Crippen molar-refractivity contribution in [2.24, 2.45) is 17.1 Å². The minimum atomic E-state index is -0.404. The van der Waals surface area contributed by atoms with Gasteiger partial charge < -0.3 is 15.4 Å². The van der Waals surface area contributed by atoms with Gasteiger partial charge in [-0.1, -0.05) is 0 Å². The van der Waals surface area contributed by atoms with Crippen molar-refractivity contribution in [2.75, 3.05) is 19.6 Å². The molecule has 2 rings (SSSR count). The molecule has 1 aliphatic carbocycles. The van der Waals surface area contributed by atoms with Crippen LogP contribution in [0.1, 0.15) is 40.0 Å². The molecule has 2 N–H and O–H groups in total. The quantitative estimate of drug-likeness (QED) is 0.762. The van der Waals surface area contributed by atoms with Gasteiger partial charge >= 0.3 is 6.09 Å². The van der Waals surface area contributed by atoms with E-state index in [-0.39, 0.29) is 6.09 Å². The summed E-state index contributed by atoms with van der Waals surface area (Å²) in [4.78, 5) is 13.9. The number of hydrogen-bond acceptors (Lipinski definition) is 3. The smallest absolute Gasteiger partial charge is 0.410 e. The Morgan fingerprint density at radius 3 is 2.76 bits per heavy atom. The number of nitrogens with zero attached hydrogens (tertiary/aromatic N) is 1. The van der Waals surface area contributed by atoms with Gasteiger partial charge in [-0.25, -0.2) is 4.79 Å². The first kappa shape index (κ1) is 12.7. The van der Waals surface area contributed by atoms with Gasteiger partial charge in [-0.05, 0) is 57.9 Å². The van der Waals surface area contributed by atoms with Gasteiger partial charge in [-0.15, -0.1) is 0 Å². The summed E-state index contributed by atoms with van der Waals surface area (Å²) >= 11 is 0. The van der Waals surface area contributed by atoms with Crippen LogP contribution in [0.4, 0.5) is 4.79 Å². The second-order valence-corrected chi connectivity index (χ2v) is 6.50. The summed E-state index contributed by atoms with van der Waals surface area (Å²) in [6.45, 7) is 8.14. The summed E-state index contributed by atoms with van der Waals surface area (Å²) in [7, 11) is 0. The van der Waals surface area contributed by atoms with E-state index in [2.05, 4.69) is 0 Å². The van der Waals surface area contributed by atoms with Gasteiger partial charge in [0.05, 0.1) is 0 Å². The van der Waals surface area contributed by atoms with Gasteiger partial charge in [0.2, 0.25) is 0 Å². The van der Waals surface area contributed by atoms with Crippen LogP contribution in [0.25, 0.3) is 0 Å². The highest BCUT2D eigenvalue weighted by Gasteiger charge is 2.55. The van der Waals surface area contributed by atoms with Crippen LogP contribution in [-0.2, 0) is 4.74 Å². The molecular weight excluding hydrogens is 216 g/mol. The summed E-state index contributed by atoms with van der Waals surface area (Å²) in [6.07, 6.45) is 3.31. The number of nitrogens with two attached hydrogens (primary N) is 1. The van der Waals surface area contributed by atoms with Crippen LogP contribution in [0.15, 0.2) is 0 Å². The third-order valence-electron chi connectivity index (χ3n) is 3.90. The van der Waals surface area contributed by atoms with Crippen molar-refractivity contribution in [1.29, 1.82) is 0 Å². The molecule has 0 bridgehead atoms. The van der Waals surface area contributed by atoms with Crippen LogP contribution in [0.5, 0.6) is 0 Å². The summed E-state index contributed by atoms with van der Waals surface area (Å²) in [5, 5.41) is 0. The number of hydrogen-bond donors (Lipinski definition) is 1. The molecule has 1 saturated heterocycles. The van der Waals surface area contributed by atoms with Gasteiger partial charge in [0.15, 0.2) is 0 Å². The lowest BCUT2D eigenvalue weighted by molar-refractivity contribution is 0.0137. The fourth-order valence-corrected chi connectivity index (χ4v) is 2.91. The molecule has 2 unspecified atom stereocenters. The van der Waals surface area contributed by atoms with Crippen LogP contribution in [0.3, 0.4) is 0 Å². The Balaban J connectivity index is 1.92. The van der Waals surface area contributed by atoms with Crippen molar-refractivity contribution in [3.05, 3.63) is 0 Å². The van der Waals surface area contributed by atoms with Crippen molar-refractivity contribution in [1.82, 2.24) is 4.90 Å². The minimum absolute atomic E-state index is 0.167. The molecule has 2 fully saturated rings. The minimum Gasteiger partial charge on any atom is -0.444 e. The third kappa shape index (κ3) is 2.73. The molecule has 1 aliphatic heterocycles. The molecule has 98 valence electrons. The summed E-state index contributed by atoms with van der Waals surface area (Å²) < 4.78 is 5.42. The first-order valence-corrected chi connectivity index (χ1v) is 6.54. The highest BCUT2D eigenvalue weighted by Crippen LogP contribution is 2.57. The maximum absolute atomic E-state index is 12.0. The molecular formula is C13H24N2O2. The van der Waals surface area contributed by atoms with Crippen LogP contribution >= 0.6 is 0 Å². The SMILES string of the molecule is CC(C)(C)OC(=O)N1CCCC2(CC2CN)C1. The second-order valence-electron chi connectivity index (χ2n) is 6.50.